The van der Waals surface area contributed by atoms with Gasteiger partial charge in [-0.05, 0) is 12.8 Å². The Balaban J connectivity index is 4.93. The van der Waals surface area contributed by atoms with Crippen LogP contribution in [0.2, 0.25) is 0 Å². The van der Waals surface area contributed by atoms with Gasteiger partial charge in [0.1, 0.15) is 5.28 Å². The van der Waals surface area contributed by atoms with Crippen molar-refractivity contribution in [2.45, 2.75) is 32.0 Å². The zero-order chi connectivity index (χ0) is 17.1. The van der Waals surface area contributed by atoms with Crippen LogP contribution in [0.25, 0.3) is 0 Å². The second-order valence-electron chi connectivity index (χ2n) is 4.89. The molecule has 9 heteroatoms. The van der Waals surface area contributed by atoms with Gasteiger partial charge in [0.2, 0.25) is 0 Å². The summed E-state index contributed by atoms with van der Waals surface area (Å²) in [6.07, 6.45) is 0.599. The van der Waals surface area contributed by atoms with Crippen molar-refractivity contribution in [2.24, 2.45) is 0 Å². The molecule has 134 valence electrons. The van der Waals surface area contributed by atoms with Crippen LogP contribution in [0.4, 0.5) is 0 Å². The highest BCUT2D eigenvalue weighted by Crippen LogP contribution is 2.56. The third kappa shape index (κ3) is 6.60. The van der Waals surface area contributed by atoms with Crippen molar-refractivity contribution >= 4 is 7.60 Å². The maximum atomic E-state index is 12.0. The molecule has 0 aliphatic heterocycles. The van der Waals surface area contributed by atoms with Crippen LogP contribution >= 0.6 is 7.60 Å². The van der Waals surface area contributed by atoms with Crippen molar-refractivity contribution in [1.82, 2.24) is 4.90 Å². The lowest BCUT2D eigenvalue weighted by Gasteiger charge is -2.43. The summed E-state index contributed by atoms with van der Waals surface area (Å²) in [4.78, 5) is 21.3. The maximum absolute atomic E-state index is 12.0. The van der Waals surface area contributed by atoms with Crippen LogP contribution in [-0.2, 0) is 14.0 Å². The van der Waals surface area contributed by atoms with E-state index in [1.54, 1.807) is 18.7 Å². The van der Waals surface area contributed by atoms with Crippen LogP contribution in [0.15, 0.2) is 0 Å². The molecule has 0 fully saturated rings. The van der Waals surface area contributed by atoms with E-state index >= 15 is 0 Å². The highest BCUT2D eigenvalue weighted by molar-refractivity contribution is 7.53. The Kier molecular flexibility index (Phi) is 11.5. The Morgan fingerprint density at radius 1 is 0.909 bits per heavy atom. The van der Waals surface area contributed by atoms with Gasteiger partial charge in [-0.1, -0.05) is 13.8 Å². The topological polar surface area (TPSA) is 120 Å². The fraction of sp³-hybridized carbons (Fsp3) is 1.00. The molecule has 0 aromatic rings. The number of ether oxygens (including phenoxy) is 2. The molecule has 0 unspecified atom stereocenters. The molecule has 0 bridgehead atoms. The van der Waals surface area contributed by atoms with E-state index in [9.17, 15) is 14.4 Å². The van der Waals surface area contributed by atoms with Gasteiger partial charge in [-0.15, -0.1) is 0 Å². The molecule has 0 heterocycles. The number of aliphatic hydroxyl groups excluding tert-OH is 2. The molecule has 4 N–H and O–H groups in total. The number of hydrogen-bond donors (Lipinski definition) is 4. The van der Waals surface area contributed by atoms with Gasteiger partial charge in [-0.25, -0.2) is 0 Å². The Morgan fingerprint density at radius 2 is 1.32 bits per heavy atom. The van der Waals surface area contributed by atoms with E-state index in [1.807, 2.05) is 0 Å². The molecule has 0 aromatic heterocycles. The first kappa shape index (κ1) is 21.9. The van der Waals surface area contributed by atoms with Crippen molar-refractivity contribution in [2.75, 3.05) is 52.7 Å². The highest BCUT2D eigenvalue weighted by atomic mass is 31.2. The van der Waals surface area contributed by atoms with Gasteiger partial charge >= 0.3 is 7.60 Å². The lowest BCUT2D eigenvalue weighted by Crippen LogP contribution is -2.50. The highest BCUT2D eigenvalue weighted by Gasteiger charge is 2.48. The van der Waals surface area contributed by atoms with Crippen LogP contribution < -0.4 is 0 Å². The van der Waals surface area contributed by atoms with E-state index in [1.165, 1.54) is 0 Å². The quantitative estimate of drug-likeness (QED) is 0.257. The SMILES string of the molecule is CCC(CC)(N(CCOCCO)CCOCCO)P(=O)(O)O. The van der Waals surface area contributed by atoms with Crippen LogP contribution in [0.1, 0.15) is 26.7 Å². The van der Waals surface area contributed by atoms with Crippen molar-refractivity contribution in [3.63, 3.8) is 0 Å². The molecular weight excluding hydrogens is 313 g/mol. The van der Waals surface area contributed by atoms with Gasteiger partial charge in [0.05, 0.1) is 39.6 Å². The average molecular weight is 343 g/mol. The van der Waals surface area contributed by atoms with Gasteiger partial charge in [0.15, 0.2) is 0 Å². The molecule has 0 saturated heterocycles. The van der Waals surface area contributed by atoms with E-state index in [2.05, 4.69) is 0 Å². The number of aliphatic hydroxyl groups is 2. The summed E-state index contributed by atoms with van der Waals surface area (Å²) in [5.41, 5.74) is 0. The summed E-state index contributed by atoms with van der Waals surface area (Å²) in [5.74, 6) is 0. The normalized spacial score (nSPS) is 13.0. The van der Waals surface area contributed by atoms with Gasteiger partial charge in [0, 0.05) is 13.1 Å². The third-order valence-electron chi connectivity index (χ3n) is 3.75. The van der Waals surface area contributed by atoms with Crippen LogP contribution in [0.5, 0.6) is 0 Å². The first-order valence-electron chi connectivity index (χ1n) is 7.57. The molecule has 0 amide bonds. The maximum Gasteiger partial charge on any atom is 0.345 e. The number of nitrogens with zero attached hydrogens (tertiary/aromatic N) is 1. The molecular formula is C13H30NO7P. The molecule has 0 saturated carbocycles. The molecule has 0 spiro atoms. The van der Waals surface area contributed by atoms with E-state index in [4.69, 9.17) is 19.7 Å². The predicted octanol–water partition coefficient (Wildman–Crippen LogP) is 0.000200. The minimum Gasteiger partial charge on any atom is -0.394 e. The monoisotopic (exact) mass is 343 g/mol. The van der Waals surface area contributed by atoms with Gasteiger partial charge in [-0.3, -0.25) is 9.46 Å². The molecule has 0 aliphatic carbocycles. The fourth-order valence-corrected chi connectivity index (χ4v) is 3.90. The first-order chi connectivity index (χ1) is 10.4. The van der Waals surface area contributed by atoms with Gasteiger partial charge in [-0.2, -0.15) is 0 Å². The Morgan fingerprint density at radius 3 is 1.59 bits per heavy atom. The molecule has 0 atom stereocenters. The summed E-state index contributed by atoms with van der Waals surface area (Å²) < 4.78 is 22.5. The average Bonchev–Trinajstić information content (AvgIpc) is 2.47. The van der Waals surface area contributed by atoms with E-state index in [0.717, 1.165) is 0 Å². The van der Waals surface area contributed by atoms with E-state index in [-0.39, 0.29) is 39.6 Å². The van der Waals surface area contributed by atoms with Gasteiger partial charge in [0.25, 0.3) is 0 Å². The smallest absolute Gasteiger partial charge is 0.345 e. The lowest BCUT2D eigenvalue weighted by molar-refractivity contribution is 0.0199. The lowest BCUT2D eigenvalue weighted by atomic mass is 10.1. The molecule has 0 aliphatic rings. The summed E-state index contributed by atoms with van der Waals surface area (Å²) >= 11 is 0. The zero-order valence-electron chi connectivity index (χ0n) is 13.5. The molecule has 0 aromatic carbocycles. The van der Waals surface area contributed by atoms with E-state index in [0.29, 0.717) is 25.9 Å². The summed E-state index contributed by atoms with van der Waals surface area (Å²) in [7, 11) is -4.36. The van der Waals surface area contributed by atoms with Crippen molar-refractivity contribution < 1.29 is 34.0 Å². The van der Waals surface area contributed by atoms with Crippen molar-refractivity contribution in [3.05, 3.63) is 0 Å². The summed E-state index contributed by atoms with van der Waals surface area (Å²) in [5, 5.41) is 16.2. The second-order valence-corrected chi connectivity index (χ2v) is 6.81. The van der Waals surface area contributed by atoms with E-state index < -0.39 is 12.9 Å². The van der Waals surface area contributed by atoms with Crippen LogP contribution in [-0.4, -0.2) is 82.9 Å². The largest absolute Gasteiger partial charge is 0.394 e. The molecule has 0 rings (SSSR count). The minimum atomic E-state index is -4.36. The first-order valence-corrected chi connectivity index (χ1v) is 9.18. The second kappa shape index (κ2) is 11.5. The summed E-state index contributed by atoms with van der Waals surface area (Å²) in [6.45, 7) is 4.88. The number of rotatable bonds is 14. The minimum absolute atomic E-state index is 0.0925. The standard InChI is InChI=1S/C13H30NO7P/c1-3-13(4-2,22(17,18)19)14(5-9-20-11-7-15)6-10-21-12-8-16/h15-16H,3-12H2,1-2H3,(H2,17,18,19). The van der Waals surface area contributed by atoms with Crippen LogP contribution in [0, 0.1) is 0 Å². The van der Waals surface area contributed by atoms with Crippen molar-refractivity contribution in [3.8, 4) is 0 Å². The fourth-order valence-electron chi connectivity index (χ4n) is 2.50. The molecule has 0 radical (unpaired) electrons. The van der Waals surface area contributed by atoms with Crippen molar-refractivity contribution in [1.29, 1.82) is 0 Å². The Labute approximate surface area is 132 Å². The Hall–Kier alpha value is -0.0500. The molecule has 22 heavy (non-hydrogen) atoms. The molecule has 8 nitrogen and oxygen atoms in total. The van der Waals surface area contributed by atoms with Gasteiger partial charge < -0.3 is 29.5 Å². The predicted molar refractivity (Wildman–Crippen MR) is 82.7 cm³/mol. The zero-order valence-corrected chi connectivity index (χ0v) is 14.4. The third-order valence-corrected chi connectivity index (χ3v) is 5.75. The van der Waals surface area contributed by atoms with Crippen LogP contribution in [0.3, 0.4) is 0 Å². The Bertz CT molecular complexity index is 308. The summed E-state index contributed by atoms with van der Waals surface area (Å²) in [6, 6.07) is 0. The number of hydrogen-bond acceptors (Lipinski definition) is 6.